The minimum absolute atomic E-state index is 0.00414. The third-order valence-corrected chi connectivity index (χ3v) is 7.75. The molecular formula is C34H48O7. The minimum Gasteiger partial charge on any atom is -0.508 e. The number of hydrogen-bond donors (Lipinski definition) is 2. The molecule has 0 fully saturated rings. The highest BCUT2D eigenvalue weighted by atomic mass is 16.6. The molecule has 1 unspecified atom stereocenters. The third-order valence-electron chi connectivity index (χ3n) is 7.75. The van der Waals surface area contributed by atoms with E-state index < -0.39 is 6.10 Å². The van der Waals surface area contributed by atoms with Crippen molar-refractivity contribution in [3.63, 3.8) is 0 Å². The van der Waals surface area contributed by atoms with Crippen molar-refractivity contribution in [2.75, 3.05) is 7.11 Å². The summed E-state index contributed by atoms with van der Waals surface area (Å²) in [6.45, 7) is 2.26. The number of carbonyl (C=O) groups excluding carboxylic acids is 2. The number of benzene rings is 2. The first-order valence-electron chi connectivity index (χ1n) is 15.6. The average molecular weight is 569 g/mol. The summed E-state index contributed by atoms with van der Waals surface area (Å²) in [5.41, 5.74) is 0.685. The second-order valence-electron chi connectivity index (χ2n) is 11.2. The number of aromatic hydroxyl groups is 2. The lowest BCUT2D eigenvalue weighted by Crippen LogP contribution is -2.20. The molecule has 7 heteroatoms. The van der Waals surface area contributed by atoms with Crippen LogP contribution in [0, 0.1) is 0 Å². The van der Waals surface area contributed by atoms with Gasteiger partial charge in [-0.05, 0) is 24.1 Å². The van der Waals surface area contributed by atoms with Gasteiger partial charge in [-0.25, -0.2) is 0 Å². The Hall–Kier alpha value is -3.22. The fourth-order valence-electron chi connectivity index (χ4n) is 5.40. The van der Waals surface area contributed by atoms with Crippen LogP contribution in [0.15, 0.2) is 30.3 Å². The topological polar surface area (TPSA) is 102 Å². The van der Waals surface area contributed by atoms with Crippen molar-refractivity contribution >= 4 is 11.8 Å². The molecule has 2 aromatic rings. The van der Waals surface area contributed by atoms with Gasteiger partial charge in [0.15, 0.2) is 17.3 Å². The number of ketones is 1. The van der Waals surface area contributed by atoms with E-state index >= 15 is 0 Å². The Morgan fingerprint density at radius 2 is 1.41 bits per heavy atom. The van der Waals surface area contributed by atoms with E-state index in [-0.39, 0.29) is 46.7 Å². The van der Waals surface area contributed by atoms with Crippen LogP contribution in [-0.2, 0) is 4.79 Å². The zero-order valence-corrected chi connectivity index (χ0v) is 24.9. The number of methoxy groups -OCH3 is 1. The molecule has 0 saturated heterocycles. The number of fused-ring (bicyclic) bond motifs is 1. The van der Waals surface area contributed by atoms with Crippen molar-refractivity contribution < 1.29 is 34.0 Å². The van der Waals surface area contributed by atoms with Gasteiger partial charge in [0.05, 0.1) is 13.5 Å². The highest BCUT2D eigenvalue weighted by Gasteiger charge is 2.31. The van der Waals surface area contributed by atoms with E-state index in [9.17, 15) is 19.8 Å². The fraction of sp³-hybridized carbons (Fsp3) is 0.588. The van der Waals surface area contributed by atoms with E-state index in [1.165, 1.54) is 90.2 Å². The Labute approximate surface area is 245 Å². The number of unbranched alkanes of at least 4 members (excludes halogenated alkanes) is 14. The molecule has 1 aliphatic rings. The first-order chi connectivity index (χ1) is 19.9. The molecule has 0 aromatic heterocycles. The van der Waals surface area contributed by atoms with Gasteiger partial charge in [-0.15, -0.1) is 0 Å². The van der Waals surface area contributed by atoms with Gasteiger partial charge < -0.3 is 24.4 Å². The number of phenolic OH excluding ortho intramolecular Hbond substituents is 2. The lowest BCUT2D eigenvalue weighted by atomic mass is 9.95. The van der Waals surface area contributed by atoms with Gasteiger partial charge in [0.25, 0.3) is 0 Å². The van der Waals surface area contributed by atoms with E-state index in [0.717, 1.165) is 25.3 Å². The van der Waals surface area contributed by atoms with Crippen molar-refractivity contribution in [3.05, 3.63) is 41.5 Å². The summed E-state index contributed by atoms with van der Waals surface area (Å²) in [5.74, 6) is -0.323. The summed E-state index contributed by atoms with van der Waals surface area (Å²) in [7, 11) is 1.50. The molecule has 41 heavy (non-hydrogen) atoms. The fourth-order valence-corrected chi connectivity index (χ4v) is 5.40. The molecule has 1 atom stereocenters. The molecule has 3 rings (SSSR count). The van der Waals surface area contributed by atoms with Gasteiger partial charge in [0.1, 0.15) is 28.9 Å². The summed E-state index contributed by atoms with van der Waals surface area (Å²) in [6.07, 6.45) is 18.7. The first kappa shape index (κ1) is 32.3. The number of Topliss-reactive ketones (excluding diaryl/α,β-unsaturated/α-hetero) is 1. The summed E-state index contributed by atoms with van der Waals surface area (Å²) in [5, 5.41) is 19.8. The number of esters is 1. The maximum atomic E-state index is 12.7. The van der Waals surface area contributed by atoms with Crippen LogP contribution in [0.5, 0.6) is 28.7 Å². The molecule has 2 aromatic carbocycles. The zero-order valence-electron chi connectivity index (χ0n) is 24.9. The first-order valence-corrected chi connectivity index (χ1v) is 15.6. The molecule has 226 valence electrons. The van der Waals surface area contributed by atoms with Crippen LogP contribution in [0.2, 0.25) is 0 Å². The van der Waals surface area contributed by atoms with Crippen LogP contribution in [0.4, 0.5) is 0 Å². The molecule has 1 heterocycles. The summed E-state index contributed by atoms with van der Waals surface area (Å²) >= 11 is 0. The van der Waals surface area contributed by atoms with Crippen LogP contribution < -0.4 is 14.2 Å². The van der Waals surface area contributed by atoms with Gasteiger partial charge in [-0.1, -0.05) is 103 Å². The maximum absolute atomic E-state index is 12.7. The van der Waals surface area contributed by atoms with Crippen molar-refractivity contribution in [3.8, 4) is 28.7 Å². The Morgan fingerprint density at radius 3 is 2.00 bits per heavy atom. The largest absolute Gasteiger partial charge is 0.508 e. The zero-order chi connectivity index (χ0) is 29.5. The van der Waals surface area contributed by atoms with E-state index in [0.29, 0.717) is 17.7 Å². The van der Waals surface area contributed by atoms with E-state index in [1.54, 1.807) is 18.2 Å². The van der Waals surface area contributed by atoms with Gasteiger partial charge in [0, 0.05) is 18.6 Å². The second kappa shape index (κ2) is 17.6. The number of ether oxygens (including phenoxy) is 3. The quantitative estimate of drug-likeness (QED) is 0.0990. The molecule has 7 nitrogen and oxygen atoms in total. The maximum Gasteiger partial charge on any atom is 0.311 e. The Morgan fingerprint density at radius 1 is 0.829 bits per heavy atom. The summed E-state index contributed by atoms with van der Waals surface area (Å²) in [6, 6.07) is 7.49. The molecule has 0 amide bonds. The Bertz CT molecular complexity index is 1110. The second-order valence-corrected chi connectivity index (χ2v) is 11.2. The Balaban J connectivity index is 1.35. The van der Waals surface area contributed by atoms with E-state index in [4.69, 9.17) is 14.2 Å². The van der Waals surface area contributed by atoms with E-state index in [2.05, 4.69) is 6.92 Å². The average Bonchev–Trinajstić information content (AvgIpc) is 2.94. The van der Waals surface area contributed by atoms with Crippen LogP contribution in [0.25, 0.3) is 0 Å². The van der Waals surface area contributed by atoms with Gasteiger partial charge >= 0.3 is 5.97 Å². The van der Waals surface area contributed by atoms with E-state index in [1.807, 2.05) is 0 Å². The monoisotopic (exact) mass is 568 g/mol. The number of carbonyl (C=O) groups is 2. The number of phenols is 2. The summed E-state index contributed by atoms with van der Waals surface area (Å²) < 4.78 is 16.9. The van der Waals surface area contributed by atoms with Gasteiger partial charge in [-0.3, -0.25) is 9.59 Å². The molecular weight excluding hydrogens is 520 g/mol. The van der Waals surface area contributed by atoms with Crippen molar-refractivity contribution in [1.82, 2.24) is 0 Å². The van der Waals surface area contributed by atoms with Gasteiger partial charge in [0.2, 0.25) is 0 Å². The molecule has 1 aliphatic heterocycles. The van der Waals surface area contributed by atoms with Crippen molar-refractivity contribution in [2.24, 2.45) is 0 Å². The smallest absolute Gasteiger partial charge is 0.311 e. The lowest BCUT2D eigenvalue weighted by molar-refractivity contribution is -0.134. The van der Waals surface area contributed by atoms with Crippen LogP contribution in [0.1, 0.15) is 138 Å². The normalized spacial score (nSPS) is 14.4. The molecule has 2 N–H and O–H groups in total. The van der Waals surface area contributed by atoms with Crippen LogP contribution in [0.3, 0.4) is 0 Å². The minimum atomic E-state index is -0.657. The molecule has 0 bridgehead atoms. The predicted molar refractivity (Wildman–Crippen MR) is 160 cm³/mol. The van der Waals surface area contributed by atoms with Gasteiger partial charge in [-0.2, -0.15) is 0 Å². The highest BCUT2D eigenvalue weighted by Crippen LogP contribution is 2.43. The molecule has 0 radical (unpaired) electrons. The van der Waals surface area contributed by atoms with Crippen molar-refractivity contribution in [2.45, 2.75) is 122 Å². The molecule has 0 aliphatic carbocycles. The summed E-state index contributed by atoms with van der Waals surface area (Å²) in [4.78, 5) is 25.2. The lowest BCUT2D eigenvalue weighted by Gasteiger charge is -2.26. The van der Waals surface area contributed by atoms with Crippen molar-refractivity contribution in [1.29, 1.82) is 0 Å². The number of hydrogen-bond acceptors (Lipinski definition) is 7. The third kappa shape index (κ3) is 10.6. The SMILES string of the molecule is CCCCCCCCCCCCCCCCCC(=O)Oc1cc(C2CC(=O)c3c(O)cc(O)cc3O2)ccc1OC. The Kier molecular flexibility index (Phi) is 13.8. The van der Waals surface area contributed by atoms with Crippen LogP contribution in [-0.4, -0.2) is 29.1 Å². The molecule has 0 spiro atoms. The molecule has 0 saturated carbocycles. The van der Waals surface area contributed by atoms with Crippen LogP contribution >= 0.6 is 0 Å². The number of rotatable bonds is 19. The predicted octanol–water partition coefficient (Wildman–Crippen LogP) is 8.98. The standard InChI is InChI=1S/C34H48O7/c1-3-4-5-6-7-8-9-10-11-12-13-14-15-16-17-18-33(38)41-31-21-25(19-20-29(31)39-2)30-24-28(37)34-27(36)22-26(35)23-32(34)40-30/h19-23,30,35-36H,3-18,24H2,1-2H3. The highest BCUT2D eigenvalue weighted by molar-refractivity contribution is 6.02.